The Bertz CT molecular complexity index is 792. The fraction of sp³-hybridized carbons (Fsp3) is 0.263. The van der Waals surface area contributed by atoms with Gasteiger partial charge in [-0.15, -0.1) is 0 Å². The molecule has 1 aromatic heterocycles. The lowest BCUT2D eigenvalue weighted by Gasteiger charge is -2.09. The van der Waals surface area contributed by atoms with Crippen LogP contribution in [0.2, 0.25) is 5.02 Å². The second-order valence-electron chi connectivity index (χ2n) is 6.26. The number of hydrogen-bond donors (Lipinski definition) is 0. The first-order chi connectivity index (χ1) is 11.2. The molecule has 0 amide bonds. The van der Waals surface area contributed by atoms with Crippen molar-refractivity contribution in [2.24, 2.45) is 0 Å². The van der Waals surface area contributed by atoms with Crippen LogP contribution in [0.25, 0.3) is 0 Å². The van der Waals surface area contributed by atoms with Crippen molar-refractivity contribution >= 4 is 11.6 Å². The minimum atomic E-state index is 0.0236. The molecule has 1 aliphatic rings. The summed E-state index contributed by atoms with van der Waals surface area (Å²) in [5.74, 6) is 1.53. The summed E-state index contributed by atoms with van der Waals surface area (Å²) < 4.78 is 5.57. The van der Waals surface area contributed by atoms with E-state index in [-0.39, 0.29) is 5.41 Å². The fourth-order valence-corrected chi connectivity index (χ4v) is 3.06. The summed E-state index contributed by atoms with van der Waals surface area (Å²) in [5, 5.41) is 4.93. The number of rotatable bonds is 5. The molecule has 0 spiro atoms. The van der Waals surface area contributed by atoms with Gasteiger partial charge in [0.15, 0.2) is 5.82 Å². The van der Waals surface area contributed by atoms with Gasteiger partial charge in [0.2, 0.25) is 5.89 Å². The largest absolute Gasteiger partial charge is 0.339 e. The maximum atomic E-state index is 5.96. The number of hydrogen-bond acceptors (Lipinski definition) is 3. The van der Waals surface area contributed by atoms with Crippen LogP contribution < -0.4 is 0 Å². The average molecular weight is 325 g/mol. The van der Waals surface area contributed by atoms with E-state index in [0.29, 0.717) is 6.42 Å². The Morgan fingerprint density at radius 3 is 2.39 bits per heavy atom. The predicted octanol–water partition coefficient (Wildman–Crippen LogP) is 4.59. The molecule has 4 heteroatoms. The van der Waals surface area contributed by atoms with Crippen molar-refractivity contribution in [1.29, 1.82) is 0 Å². The molecule has 0 N–H and O–H groups in total. The summed E-state index contributed by atoms with van der Waals surface area (Å²) in [4.78, 5) is 4.65. The Labute approximate surface area is 140 Å². The van der Waals surface area contributed by atoms with Gasteiger partial charge in [0.05, 0.1) is 5.41 Å². The number of benzene rings is 2. The Morgan fingerprint density at radius 2 is 1.70 bits per heavy atom. The fourth-order valence-electron chi connectivity index (χ4n) is 2.93. The topological polar surface area (TPSA) is 38.9 Å². The highest BCUT2D eigenvalue weighted by atomic mass is 35.5. The zero-order chi connectivity index (χ0) is 15.7. The third-order valence-corrected chi connectivity index (χ3v) is 4.69. The first-order valence-electron chi connectivity index (χ1n) is 7.85. The van der Waals surface area contributed by atoms with Crippen molar-refractivity contribution in [1.82, 2.24) is 10.1 Å². The summed E-state index contributed by atoms with van der Waals surface area (Å²) in [6, 6.07) is 18.2. The SMILES string of the molecule is Clc1ccc(CC2(c3nc(Cc4ccccc4)no3)CC2)cc1. The Hall–Kier alpha value is -2.13. The summed E-state index contributed by atoms with van der Waals surface area (Å²) in [5.41, 5.74) is 2.48. The van der Waals surface area contributed by atoms with Crippen molar-refractivity contribution in [3.05, 3.63) is 82.5 Å². The molecule has 2 aromatic carbocycles. The molecular weight excluding hydrogens is 308 g/mol. The van der Waals surface area contributed by atoms with Crippen molar-refractivity contribution in [2.75, 3.05) is 0 Å². The molecule has 1 heterocycles. The zero-order valence-corrected chi connectivity index (χ0v) is 13.5. The molecule has 1 saturated carbocycles. The van der Waals surface area contributed by atoms with Crippen molar-refractivity contribution in [3.8, 4) is 0 Å². The van der Waals surface area contributed by atoms with Crippen LogP contribution in [0.4, 0.5) is 0 Å². The molecule has 3 nitrogen and oxygen atoms in total. The summed E-state index contributed by atoms with van der Waals surface area (Å²) in [7, 11) is 0. The Kier molecular flexibility index (Phi) is 3.66. The predicted molar refractivity (Wildman–Crippen MR) is 89.6 cm³/mol. The lowest BCUT2D eigenvalue weighted by Crippen LogP contribution is -2.11. The molecule has 0 saturated heterocycles. The molecule has 4 rings (SSSR count). The quantitative estimate of drug-likeness (QED) is 0.689. The van der Waals surface area contributed by atoms with Gasteiger partial charge in [-0.3, -0.25) is 0 Å². The smallest absolute Gasteiger partial charge is 0.233 e. The van der Waals surface area contributed by atoms with Crippen LogP contribution in [0.5, 0.6) is 0 Å². The van der Waals surface area contributed by atoms with E-state index in [0.717, 1.165) is 36.0 Å². The highest BCUT2D eigenvalue weighted by Gasteiger charge is 2.49. The average Bonchev–Trinajstić information content (AvgIpc) is 3.20. The molecule has 3 aromatic rings. The highest BCUT2D eigenvalue weighted by molar-refractivity contribution is 6.30. The maximum Gasteiger partial charge on any atom is 0.233 e. The van der Waals surface area contributed by atoms with E-state index in [1.165, 1.54) is 11.1 Å². The van der Waals surface area contributed by atoms with Crippen molar-refractivity contribution < 1.29 is 4.52 Å². The zero-order valence-electron chi connectivity index (χ0n) is 12.7. The number of nitrogens with zero attached hydrogens (tertiary/aromatic N) is 2. The van der Waals surface area contributed by atoms with E-state index in [1.54, 1.807) is 0 Å². The van der Waals surface area contributed by atoms with Gasteiger partial charge in [0.25, 0.3) is 0 Å². The molecule has 0 radical (unpaired) electrons. The van der Waals surface area contributed by atoms with Crippen LogP contribution in [-0.4, -0.2) is 10.1 Å². The molecule has 0 bridgehead atoms. The summed E-state index contributed by atoms with van der Waals surface area (Å²) in [6.07, 6.45) is 3.84. The Morgan fingerprint density at radius 1 is 0.957 bits per heavy atom. The second-order valence-corrected chi connectivity index (χ2v) is 6.70. The van der Waals surface area contributed by atoms with Crippen LogP contribution in [0, 0.1) is 0 Å². The Balaban J connectivity index is 1.50. The third kappa shape index (κ3) is 3.15. The molecule has 1 aliphatic carbocycles. The van der Waals surface area contributed by atoms with Gasteiger partial charge in [0.1, 0.15) is 0 Å². The van der Waals surface area contributed by atoms with Crippen LogP contribution in [-0.2, 0) is 18.3 Å². The molecule has 1 fully saturated rings. The van der Waals surface area contributed by atoms with E-state index in [2.05, 4.69) is 34.4 Å². The maximum absolute atomic E-state index is 5.96. The van der Waals surface area contributed by atoms with Gasteiger partial charge in [-0.05, 0) is 42.5 Å². The molecule has 23 heavy (non-hydrogen) atoms. The molecule has 0 aliphatic heterocycles. The van der Waals surface area contributed by atoms with Gasteiger partial charge < -0.3 is 4.52 Å². The van der Waals surface area contributed by atoms with Gasteiger partial charge in [-0.2, -0.15) is 4.98 Å². The van der Waals surface area contributed by atoms with Crippen LogP contribution in [0.15, 0.2) is 59.1 Å². The van der Waals surface area contributed by atoms with E-state index < -0.39 is 0 Å². The summed E-state index contributed by atoms with van der Waals surface area (Å²) in [6.45, 7) is 0. The standard InChI is InChI=1S/C19H17ClN2O/c20-16-8-6-15(7-9-16)13-19(10-11-19)18-21-17(22-23-18)12-14-4-2-1-3-5-14/h1-9H,10-13H2. The molecule has 116 valence electrons. The van der Waals surface area contributed by atoms with E-state index in [4.69, 9.17) is 16.1 Å². The van der Waals surface area contributed by atoms with Crippen LogP contribution in [0.3, 0.4) is 0 Å². The van der Waals surface area contributed by atoms with Crippen LogP contribution in [0.1, 0.15) is 35.7 Å². The molecule has 0 atom stereocenters. The molecule has 0 unspecified atom stereocenters. The van der Waals surface area contributed by atoms with E-state index in [1.807, 2.05) is 30.3 Å². The minimum absolute atomic E-state index is 0.0236. The minimum Gasteiger partial charge on any atom is -0.339 e. The van der Waals surface area contributed by atoms with Gasteiger partial charge >= 0.3 is 0 Å². The number of aromatic nitrogens is 2. The van der Waals surface area contributed by atoms with E-state index in [9.17, 15) is 0 Å². The first-order valence-corrected chi connectivity index (χ1v) is 8.23. The molecular formula is C19H17ClN2O. The van der Waals surface area contributed by atoms with E-state index >= 15 is 0 Å². The first kappa shape index (κ1) is 14.5. The van der Waals surface area contributed by atoms with Crippen LogP contribution >= 0.6 is 11.6 Å². The number of halogens is 1. The van der Waals surface area contributed by atoms with Crippen molar-refractivity contribution in [2.45, 2.75) is 31.1 Å². The lowest BCUT2D eigenvalue weighted by atomic mass is 9.96. The lowest BCUT2D eigenvalue weighted by molar-refractivity contribution is 0.340. The summed E-state index contributed by atoms with van der Waals surface area (Å²) >= 11 is 5.96. The third-order valence-electron chi connectivity index (χ3n) is 4.44. The monoisotopic (exact) mass is 324 g/mol. The second kappa shape index (κ2) is 5.82. The van der Waals surface area contributed by atoms with Gasteiger partial charge in [-0.25, -0.2) is 0 Å². The van der Waals surface area contributed by atoms with Gasteiger partial charge in [-0.1, -0.05) is 59.2 Å². The van der Waals surface area contributed by atoms with Gasteiger partial charge in [0, 0.05) is 11.4 Å². The van der Waals surface area contributed by atoms with Crippen molar-refractivity contribution in [3.63, 3.8) is 0 Å². The normalized spacial score (nSPS) is 15.5. The highest BCUT2D eigenvalue weighted by Crippen LogP contribution is 2.50.